The number of carbonyl (C=O) groups is 2. The van der Waals surface area contributed by atoms with E-state index in [1.807, 2.05) is 30.3 Å². The van der Waals surface area contributed by atoms with Crippen LogP contribution in [0.15, 0.2) is 34.9 Å². The largest absolute Gasteiger partial charge is 0.355 e. The minimum absolute atomic E-state index is 0.0707. The summed E-state index contributed by atoms with van der Waals surface area (Å²) < 4.78 is 5.59. The van der Waals surface area contributed by atoms with Gasteiger partial charge in [-0.05, 0) is 37.5 Å². The van der Waals surface area contributed by atoms with Crippen molar-refractivity contribution in [3.63, 3.8) is 0 Å². The summed E-state index contributed by atoms with van der Waals surface area (Å²) >= 11 is 1.58. The molecule has 1 aliphatic carbocycles. The average molecular weight is 366 g/mol. The number of ketones is 1. The van der Waals surface area contributed by atoms with Crippen molar-refractivity contribution in [2.45, 2.75) is 33.6 Å². The molecule has 0 N–H and O–H groups in total. The van der Waals surface area contributed by atoms with Crippen LogP contribution >= 0.6 is 11.3 Å². The van der Waals surface area contributed by atoms with Gasteiger partial charge in [-0.25, -0.2) is 0 Å². The van der Waals surface area contributed by atoms with Crippen molar-refractivity contribution in [2.24, 2.45) is 0 Å². The van der Waals surface area contributed by atoms with Crippen LogP contribution in [0.2, 0.25) is 0 Å². The van der Waals surface area contributed by atoms with Gasteiger partial charge in [-0.3, -0.25) is 14.5 Å². The van der Waals surface area contributed by atoms with Gasteiger partial charge in [0, 0.05) is 30.0 Å². The number of Topliss-reactive ketones (excluding diaryl/α,β-unsaturated/α-hetero) is 1. The van der Waals surface area contributed by atoms with Gasteiger partial charge in [-0.1, -0.05) is 23.4 Å². The molecule has 0 fully saturated rings. The lowest BCUT2D eigenvalue weighted by molar-refractivity contribution is -0.115. The molecule has 132 valence electrons. The summed E-state index contributed by atoms with van der Waals surface area (Å²) in [5.41, 5.74) is 4.12. The van der Waals surface area contributed by atoms with Crippen LogP contribution in [-0.4, -0.2) is 16.8 Å². The molecule has 5 nitrogen and oxygen atoms in total. The summed E-state index contributed by atoms with van der Waals surface area (Å²) in [6.45, 7) is 5.11. The first kappa shape index (κ1) is 16.7. The summed E-state index contributed by atoms with van der Waals surface area (Å²) in [5, 5.41) is 4.82. The Labute approximate surface area is 155 Å². The summed E-state index contributed by atoms with van der Waals surface area (Å²) in [5.74, 6) is 0.454. The molecule has 0 saturated carbocycles. The Morgan fingerprint density at radius 3 is 2.46 bits per heavy atom. The number of aromatic nitrogens is 1. The molecule has 0 atom stereocenters. The van der Waals surface area contributed by atoms with Crippen LogP contribution in [0.4, 0.5) is 10.7 Å². The molecule has 0 unspecified atom stereocenters. The van der Waals surface area contributed by atoms with E-state index in [0.717, 1.165) is 39.5 Å². The fourth-order valence-corrected chi connectivity index (χ4v) is 4.80. The highest BCUT2D eigenvalue weighted by Crippen LogP contribution is 2.49. The van der Waals surface area contributed by atoms with Crippen molar-refractivity contribution in [1.29, 1.82) is 0 Å². The second kappa shape index (κ2) is 6.21. The Morgan fingerprint density at radius 1 is 1.12 bits per heavy atom. The summed E-state index contributed by atoms with van der Waals surface area (Å²) in [7, 11) is 0. The van der Waals surface area contributed by atoms with E-state index < -0.39 is 0 Å². The predicted molar refractivity (Wildman–Crippen MR) is 101 cm³/mol. The normalized spacial score (nSPS) is 12.4. The Morgan fingerprint density at radius 2 is 1.81 bits per heavy atom. The number of nitrogens with zero attached hydrogens (tertiary/aromatic N) is 2. The fraction of sp³-hybridized carbons (Fsp3) is 0.250. The monoisotopic (exact) mass is 366 g/mol. The maximum atomic E-state index is 12.5. The Bertz CT molecular complexity index is 1020. The number of anilines is 2. The molecule has 1 aliphatic rings. The molecule has 0 aliphatic heterocycles. The van der Waals surface area contributed by atoms with Crippen molar-refractivity contribution >= 4 is 33.7 Å². The number of carbonyl (C=O) groups excluding carboxylic acids is 2. The summed E-state index contributed by atoms with van der Waals surface area (Å²) in [6.07, 6.45) is 1.54. The highest BCUT2D eigenvalue weighted by molar-refractivity contribution is 7.17. The second-order valence-corrected chi connectivity index (χ2v) is 7.61. The molecule has 6 heteroatoms. The number of amides is 1. The number of benzene rings is 1. The molecule has 0 spiro atoms. The number of hydrogen-bond acceptors (Lipinski definition) is 5. The Kier molecular flexibility index (Phi) is 4.00. The van der Waals surface area contributed by atoms with Gasteiger partial charge in [0.15, 0.2) is 17.2 Å². The molecule has 1 aromatic carbocycles. The molecule has 2 aromatic heterocycles. The van der Waals surface area contributed by atoms with E-state index in [4.69, 9.17) is 4.52 Å². The first-order chi connectivity index (χ1) is 12.5. The summed E-state index contributed by atoms with van der Waals surface area (Å²) in [4.78, 5) is 27.2. The van der Waals surface area contributed by atoms with Crippen LogP contribution in [0.3, 0.4) is 0 Å². The minimum atomic E-state index is -0.0987. The Hall–Kier alpha value is -2.73. The van der Waals surface area contributed by atoms with E-state index in [0.29, 0.717) is 11.5 Å². The van der Waals surface area contributed by atoms with E-state index in [2.05, 4.69) is 12.1 Å². The smallest absolute Gasteiger partial charge is 0.229 e. The van der Waals surface area contributed by atoms with Crippen LogP contribution in [0, 0.1) is 6.92 Å². The lowest BCUT2D eigenvalue weighted by Gasteiger charge is -2.22. The van der Waals surface area contributed by atoms with Crippen LogP contribution in [0.5, 0.6) is 0 Å². The van der Waals surface area contributed by atoms with E-state index in [1.165, 1.54) is 12.5 Å². The average Bonchev–Trinajstić information content (AvgIpc) is 3.17. The SMILES string of the molecule is CC(=O)c1noc2c1CCc1c(C)sc(N(C(C)=O)c3ccccc3)c1-2. The second-order valence-electron chi connectivity index (χ2n) is 6.40. The van der Waals surface area contributed by atoms with Gasteiger partial charge in [-0.2, -0.15) is 0 Å². The van der Waals surface area contributed by atoms with Gasteiger partial charge in [0.25, 0.3) is 0 Å². The molecule has 2 heterocycles. The number of fused-ring (bicyclic) bond motifs is 3. The lowest BCUT2D eigenvalue weighted by atomic mass is 9.90. The third kappa shape index (κ3) is 2.49. The number of thiophene rings is 1. The lowest BCUT2D eigenvalue weighted by Crippen LogP contribution is -2.22. The molecule has 0 radical (unpaired) electrons. The van der Waals surface area contributed by atoms with Crippen molar-refractivity contribution in [2.75, 3.05) is 4.90 Å². The molecular formula is C20H18N2O3S. The van der Waals surface area contributed by atoms with E-state index in [9.17, 15) is 9.59 Å². The van der Waals surface area contributed by atoms with Crippen molar-refractivity contribution < 1.29 is 14.1 Å². The molecule has 4 rings (SSSR count). The highest BCUT2D eigenvalue weighted by Gasteiger charge is 2.33. The quantitative estimate of drug-likeness (QED) is 0.631. The number of rotatable bonds is 3. The zero-order valence-corrected chi connectivity index (χ0v) is 15.6. The van der Waals surface area contributed by atoms with E-state index in [-0.39, 0.29) is 11.7 Å². The van der Waals surface area contributed by atoms with Gasteiger partial charge < -0.3 is 4.52 Å². The third-order valence-corrected chi connectivity index (χ3v) is 5.83. The van der Waals surface area contributed by atoms with Gasteiger partial charge in [0.2, 0.25) is 5.91 Å². The molecule has 26 heavy (non-hydrogen) atoms. The van der Waals surface area contributed by atoms with Crippen LogP contribution < -0.4 is 4.90 Å². The van der Waals surface area contributed by atoms with Gasteiger partial charge in [0.05, 0.1) is 5.56 Å². The third-order valence-electron chi connectivity index (χ3n) is 4.70. The topological polar surface area (TPSA) is 63.4 Å². The first-order valence-electron chi connectivity index (χ1n) is 8.47. The van der Waals surface area contributed by atoms with Crippen molar-refractivity contribution in [1.82, 2.24) is 5.16 Å². The highest BCUT2D eigenvalue weighted by atomic mass is 32.1. The van der Waals surface area contributed by atoms with E-state index in [1.54, 1.807) is 23.2 Å². The predicted octanol–water partition coefficient (Wildman–Crippen LogP) is 4.70. The van der Waals surface area contributed by atoms with Crippen molar-refractivity contribution in [3.8, 4) is 11.3 Å². The number of aryl methyl sites for hydroxylation is 1. The van der Waals surface area contributed by atoms with Crippen molar-refractivity contribution in [3.05, 3.63) is 52.0 Å². The standard InChI is InChI=1S/C20H18N2O3S/c1-11(23)18-16-10-9-15-12(2)26-20(17(15)19(16)25-21-18)22(13(3)24)14-7-5-4-6-8-14/h4-8H,9-10H2,1-3H3. The zero-order valence-electron chi connectivity index (χ0n) is 14.8. The van der Waals surface area contributed by atoms with Crippen LogP contribution in [0.1, 0.15) is 40.3 Å². The van der Waals surface area contributed by atoms with Gasteiger partial charge in [0.1, 0.15) is 5.00 Å². The maximum Gasteiger partial charge on any atom is 0.229 e. The molecule has 0 saturated heterocycles. The maximum absolute atomic E-state index is 12.5. The summed E-state index contributed by atoms with van der Waals surface area (Å²) in [6, 6.07) is 9.56. The Balaban J connectivity index is 1.95. The molecular weight excluding hydrogens is 348 g/mol. The molecule has 1 amide bonds. The molecule has 3 aromatic rings. The van der Waals surface area contributed by atoms with Crippen LogP contribution in [-0.2, 0) is 17.6 Å². The number of hydrogen-bond donors (Lipinski definition) is 0. The first-order valence-corrected chi connectivity index (χ1v) is 9.28. The molecule has 0 bridgehead atoms. The van der Waals surface area contributed by atoms with E-state index >= 15 is 0 Å². The number of para-hydroxylation sites is 1. The van der Waals surface area contributed by atoms with Gasteiger partial charge in [-0.15, -0.1) is 11.3 Å². The van der Waals surface area contributed by atoms with Crippen LogP contribution in [0.25, 0.3) is 11.3 Å². The van der Waals surface area contributed by atoms with Gasteiger partial charge >= 0.3 is 0 Å². The zero-order chi connectivity index (χ0) is 18.4. The minimum Gasteiger partial charge on any atom is -0.355 e. The fourth-order valence-electron chi connectivity index (χ4n) is 3.54.